The van der Waals surface area contributed by atoms with Gasteiger partial charge in [-0.3, -0.25) is 9.59 Å². The number of carbonyl (C=O) groups is 2. The van der Waals surface area contributed by atoms with Crippen LogP contribution in [0.2, 0.25) is 0 Å². The molecule has 1 unspecified atom stereocenters. The van der Waals surface area contributed by atoms with E-state index in [1.54, 1.807) is 30.4 Å². The molecule has 122 valence electrons. The average molecular weight is 324 g/mol. The zero-order valence-electron chi connectivity index (χ0n) is 13.3. The van der Waals surface area contributed by atoms with Crippen LogP contribution in [-0.2, 0) is 20.9 Å². The van der Waals surface area contributed by atoms with Gasteiger partial charge in [-0.25, -0.2) is 0 Å². The maximum atomic E-state index is 12.9. The lowest BCUT2D eigenvalue weighted by atomic mass is 10.1. The first-order valence-corrected chi connectivity index (χ1v) is 8.57. The monoisotopic (exact) mass is 324 g/mol. The predicted molar refractivity (Wildman–Crippen MR) is 86.6 cm³/mol. The molecule has 2 rings (SSSR count). The predicted octanol–water partition coefficient (Wildman–Crippen LogP) is 2.12. The van der Waals surface area contributed by atoms with Gasteiger partial charge in [0.1, 0.15) is 6.04 Å². The van der Waals surface area contributed by atoms with E-state index >= 15 is 0 Å². The molecule has 1 fully saturated rings. The van der Waals surface area contributed by atoms with Gasteiger partial charge in [0.2, 0.25) is 11.8 Å². The van der Waals surface area contributed by atoms with Crippen molar-refractivity contribution in [3.63, 3.8) is 0 Å². The molecule has 6 heteroatoms. The summed E-state index contributed by atoms with van der Waals surface area (Å²) in [6.07, 6.45) is 3.08. The van der Waals surface area contributed by atoms with Gasteiger partial charge in [-0.2, -0.15) is 0 Å². The van der Waals surface area contributed by atoms with Crippen LogP contribution in [0.15, 0.2) is 17.5 Å². The van der Waals surface area contributed by atoms with Gasteiger partial charge in [-0.05, 0) is 24.3 Å². The summed E-state index contributed by atoms with van der Waals surface area (Å²) in [5.74, 6) is 0.0989. The van der Waals surface area contributed by atoms with Crippen molar-refractivity contribution in [1.82, 2.24) is 9.80 Å². The quantitative estimate of drug-likeness (QED) is 0.805. The van der Waals surface area contributed by atoms with E-state index in [1.165, 1.54) is 0 Å². The van der Waals surface area contributed by atoms with E-state index in [-0.39, 0.29) is 17.9 Å². The number of amides is 2. The van der Waals surface area contributed by atoms with E-state index in [0.717, 1.165) is 24.1 Å². The van der Waals surface area contributed by atoms with Crippen LogP contribution in [-0.4, -0.2) is 55.0 Å². The normalized spacial score (nSPS) is 19.1. The van der Waals surface area contributed by atoms with Crippen molar-refractivity contribution < 1.29 is 14.3 Å². The molecule has 22 heavy (non-hydrogen) atoms. The number of hydrogen-bond donors (Lipinski definition) is 0. The number of carbonyl (C=O) groups excluding carboxylic acids is 2. The number of likely N-dealkylation sites (tertiary alicyclic amines) is 1. The molecule has 2 amide bonds. The van der Waals surface area contributed by atoms with Crippen molar-refractivity contribution >= 4 is 23.2 Å². The Morgan fingerprint density at radius 1 is 1.50 bits per heavy atom. The van der Waals surface area contributed by atoms with E-state index in [1.807, 2.05) is 22.4 Å². The molecule has 0 aromatic carbocycles. The number of ether oxygens (including phenoxy) is 1. The van der Waals surface area contributed by atoms with Gasteiger partial charge < -0.3 is 14.5 Å². The number of nitrogens with zero attached hydrogens (tertiary/aromatic N) is 2. The summed E-state index contributed by atoms with van der Waals surface area (Å²) in [7, 11) is 3.38. The van der Waals surface area contributed by atoms with Crippen molar-refractivity contribution in [2.45, 2.75) is 38.3 Å². The van der Waals surface area contributed by atoms with Crippen molar-refractivity contribution in [3.05, 3.63) is 22.4 Å². The highest BCUT2D eigenvalue weighted by atomic mass is 32.1. The summed E-state index contributed by atoms with van der Waals surface area (Å²) in [6.45, 7) is 1.63. The first kappa shape index (κ1) is 17.0. The second-order valence-electron chi connectivity index (χ2n) is 5.60. The van der Waals surface area contributed by atoms with E-state index in [4.69, 9.17) is 4.74 Å². The molecule has 0 spiro atoms. The third-order valence-corrected chi connectivity index (χ3v) is 4.93. The Bertz CT molecular complexity index is 490. The number of rotatable bonds is 6. The summed E-state index contributed by atoms with van der Waals surface area (Å²) in [6, 6.07) is 3.67. The molecule has 0 radical (unpaired) electrons. The minimum absolute atomic E-state index is 0.0307. The first-order valence-electron chi connectivity index (χ1n) is 7.69. The van der Waals surface area contributed by atoms with Crippen LogP contribution in [0.1, 0.15) is 30.6 Å². The molecule has 1 atom stereocenters. The molecule has 0 N–H and O–H groups in total. The van der Waals surface area contributed by atoms with Crippen LogP contribution >= 0.6 is 11.3 Å². The van der Waals surface area contributed by atoms with Gasteiger partial charge in [0.05, 0.1) is 13.2 Å². The molecule has 5 nitrogen and oxygen atoms in total. The molecule has 1 aliphatic heterocycles. The van der Waals surface area contributed by atoms with Gasteiger partial charge in [-0.15, -0.1) is 11.3 Å². The second-order valence-corrected chi connectivity index (χ2v) is 6.63. The van der Waals surface area contributed by atoms with Crippen LogP contribution in [0, 0.1) is 0 Å². The Labute approximate surface area is 135 Å². The topological polar surface area (TPSA) is 49.9 Å². The number of methoxy groups -OCH3 is 1. The van der Waals surface area contributed by atoms with E-state index in [0.29, 0.717) is 26.1 Å². The van der Waals surface area contributed by atoms with Crippen molar-refractivity contribution in [2.24, 2.45) is 0 Å². The molecule has 0 aliphatic carbocycles. The maximum absolute atomic E-state index is 12.9. The van der Waals surface area contributed by atoms with E-state index in [9.17, 15) is 9.59 Å². The van der Waals surface area contributed by atoms with Gasteiger partial charge in [0.25, 0.3) is 0 Å². The van der Waals surface area contributed by atoms with E-state index < -0.39 is 0 Å². The van der Waals surface area contributed by atoms with Gasteiger partial charge in [0.15, 0.2) is 0 Å². The molecule has 1 aliphatic rings. The standard InChI is InChI=1S/C16H24N2O3S/c1-17-14(7-3-4-8-15(17)19)16(20)18(9-10-21-2)12-13-6-5-11-22-13/h5-6,11,14H,3-4,7-10,12H2,1-2H3. The lowest BCUT2D eigenvalue weighted by Crippen LogP contribution is -2.49. The first-order chi connectivity index (χ1) is 10.6. The summed E-state index contributed by atoms with van der Waals surface area (Å²) >= 11 is 1.64. The highest BCUT2D eigenvalue weighted by Crippen LogP contribution is 2.20. The Kier molecular flexibility index (Phi) is 6.39. The summed E-state index contributed by atoms with van der Waals surface area (Å²) in [5.41, 5.74) is 0. The van der Waals surface area contributed by atoms with E-state index in [2.05, 4.69) is 0 Å². The molecular formula is C16H24N2O3S. The van der Waals surface area contributed by atoms with Crippen LogP contribution in [0.5, 0.6) is 0 Å². The Balaban J connectivity index is 2.10. The molecule has 1 aromatic heterocycles. The molecule has 0 bridgehead atoms. The van der Waals surface area contributed by atoms with Crippen molar-refractivity contribution in [3.8, 4) is 0 Å². The smallest absolute Gasteiger partial charge is 0.245 e. The lowest BCUT2D eigenvalue weighted by molar-refractivity contribution is -0.144. The van der Waals surface area contributed by atoms with Crippen LogP contribution in [0.25, 0.3) is 0 Å². The highest BCUT2D eigenvalue weighted by Gasteiger charge is 2.31. The molecule has 1 saturated heterocycles. The zero-order valence-corrected chi connectivity index (χ0v) is 14.1. The minimum Gasteiger partial charge on any atom is -0.383 e. The van der Waals surface area contributed by atoms with Gasteiger partial charge in [-0.1, -0.05) is 12.5 Å². The number of likely N-dealkylation sites (N-methyl/N-ethyl adjacent to an activating group) is 1. The molecular weight excluding hydrogens is 300 g/mol. The zero-order chi connectivity index (χ0) is 15.9. The molecule has 1 aromatic rings. The Morgan fingerprint density at radius 3 is 3.00 bits per heavy atom. The minimum atomic E-state index is -0.341. The summed E-state index contributed by atoms with van der Waals surface area (Å²) in [5, 5.41) is 2.01. The SMILES string of the molecule is COCCN(Cc1cccs1)C(=O)C1CCCCC(=O)N1C. The molecule has 2 heterocycles. The average Bonchev–Trinajstić information content (AvgIpc) is 2.97. The van der Waals surface area contributed by atoms with Gasteiger partial charge >= 0.3 is 0 Å². The van der Waals surface area contributed by atoms with Gasteiger partial charge in [0, 0.05) is 32.0 Å². The maximum Gasteiger partial charge on any atom is 0.245 e. The third-order valence-electron chi connectivity index (χ3n) is 4.07. The van der Waals surface area contributed by atoms with Crippen LogP contribution < -0.4 is 0 Å². The number of thiophene rings is 1. The van der Waals surface area contributed by atoms with Crippen LogP contribution in [0.3, 0.4) is 0 Å². The van der Waals surface area contributed by atoms with Crippen molar-refractivity contribution in [1.29, 1.82) is 0 Å². The van der Waals surface area contributed by atoms with Crippen LogP contribution in [0.4, 0.5) is 0 Å². The fraction of sp³-hybridized carbons (Fsp3) is 0.625. The van der Waals surface area contributed by atoms with Crippen molar-refractivity contribution in [2.75, 3.05) is 27.3 Å². The third kappa shape index (κ3) is 4.30. The Morgan fingerprint density at radius 2 is 2.32 bits per heavy atom. The second kappa shape index (κ2) is 8.29. The fourth-order valence-electron chi connectivity index (χ4n) is 2.72. The largest absolute Gasteiger partial charge is 0.383 e. The summed E-state index contributed by atoms with van der Waals surface area (Å²) < 4.78 is 5.13. The Hall–Kier alpha value is -1.40. The summed E-state index contributed by atoms with van der Waals surface area (Å²) in [4.78, 5) is 29.5. The lowest BCUT2D eigenvalue weighted by Gasteiger charge is -2.31. The fourth-order valence-corrected chi connectivity index (χ4v) is 3.44. The highest BCUT2D eigenvalue weighted by molar-refractivity contribution is 7.09. The molecule has 0 saturated carbocycles. The number of hydrogen-bond acceptors (Lipinski definition) is 4.